The Labute approximate surface area is 156 Å². The second kappa shape index (κ2) is 7.85. The van der Waals surface area contributed by atoms with Gasteiger partial charge in [-0.2, -0.15) is 0 Å². The highest BCUT2D eigenvalue weighted by molar-refractivity contribution is 7.13. The summed E-state index contributed by atoms with van der Waals surface area (Å²) in [4.78, 5) is 18.1. The van der Waals surface area contributed by atoms with Crippen molar-refractivity contribution in [3.63, 3.8) is 0 Å². The van der Waals surface area contributed by atoms with Gasteiger partial charge < -0.3 is 9.42 Å². The predicted octanol–water partition coefficient (Wildman–Crippen LogP) is 3.75. The van der Waals surface area contributed by atoms with E-state index in [0.717, 1.165) is 37.5 Å². The highest BCUT2D eigenvalue weighted by Crippen LogP contribution is 2.25. The van der Waals surface area contributed by atoms with Crippen LogP contribution in [0.4, 0.5) is 0 Å². The molecule has 4 rings (SSSR count). The van der Waals surface area contributed by atoms with Crippen molar-refractivity contribution in [2.45, 2.75) is 13.0 Å². The lowest BCUT2D eigenvalue weighted by Gasteiger charge is -2.21. The Bertz CT molecular complexity index is 845. The molecule has 0 atom stereocenters. The van der Waals surface area contributed by atoms with E-state index in [1.54, 1.807) is 17.4 Å². The van der Waals surface area contributed by atoms with Crippen molar-refractivity contribution < 1.29 is 9.32 Å². The maximum atomic E-state index is 12.8. The van der Waals surface area contributed by atoms with Crippen molar-refractivity contribution in [2.75, 3.05) is 26.2 Å². The minimum atomic E-state index is -0.0434. The molecule has 3 heterocycles. The molecule has 6 heteroatoms. The SMILES string of the molecule is O=C(c1cc(-c2cccs2)on1)N1CCCN(Cc2ccccc2)CC1. The van der Waals surface area contributed by atoms with Crippen LogP contribution in [0.15, 0.2) is 58.4 Å². The maximum Gasteiger partial charge on any atom is 0.276 e. The molecule has 1 fully saturated rings. The third-order valence-corrected chi connectivity index (χ3v) is 5.50. The molecule has 1 aromatic carbocycles. The van der Waals surface area contributed by atoms with E-state index in [9.17, 15) is 4.79 Å². The van der Waals surface area contributed by atoms with Gasteiger partial charge >= 0.3 is 0 Å². The first kappa shape index (κ1) is 17.0. The Morgan fingerprint density at radius 3 is 2.77 bits per heavy atom. The number of benzene rings is 1. The van der Waals surface area contributed by atoms with E-state index in [0.29, 0.717) is 18.0 Å². The van der Waals surface area contributed by atoms with Gasteiger partial charge in [-0.3, -0.25) is 9.69 Å². The molecule has 0 aliphatic carbocycles. The predicted molar refractivity (Wildman–Crippen MR) is 102 cm³/mol. The van der Waals surface area contributed by atoms with Crippen LogP contribution in [0.5, 0.6) is 0 Å². The lowest BCUT2D eigenvalue weighted by atomic mass is 10.2. The standard InChI is InChI=1S/C20H21N3O2S/c24-20(17-14-18(25-21-17)19-8-4-13-26-19)23-10-5-9-22(11-12-23)15-16-6-2-1-3-7-16/h1-4,6-8,13-14H,5,9-12,15H2. The molecular formula is C20H21N3O2S. The van der Waals surface area contributed by atoms with Gasteiger partial charge in [-0.25, -0.2) is 0 Å². The first-order chi connectivity index (χ1) is 12.8. The molecule has 1 amide bonds. The monoisotopic (exact) mass is 367 g/mol. The molecular weight excluding hydrogens is 346 g/mol. The van der Waals surface area contributed by atoms with E-state index in [1.807, 2.05) is 28.5 Å². The van der Waals surface area contributed by atoms with Gasteiger partial charge in [-0.05, 0) is 23.4 Å². The topological polar surface area (TPSA) is 49.6 Å². The molecule has 134 valence electrons. The van der Waals surface area contributed by atoms with E-state index < -0.39 is 0 Å². The van der Waals surface area contributed by atoms with Crippen molar-refractivity contribution in [3.05, 3.63) is 65.2 Å². The van der Waals surface area contributed by atoms with E-state index in [4.69, 9.17) is 4.52 Å². The third-order valence-electron chi connectivity index (χ3n) is 4.62. The van der Waals surface area contributed by atoms with Gasteiger partial charge in [0.25, 0.3) is 5.91 Å². The molecule has 1 aliphatic rings. The van der Waals surface area contributed by atoms with Crippen molar-refractivity contribution in [1.29, 1.82) is 0 Å². The fourth-order valence-electron chi connectivity index (χ4n) is 3.25. The van der Waals surface area contributed by atoms with Gasteiger partial charge in [0.2, 0.25) is 0 Å². The van der Waals surface area contributed by atoms with Gasteiger partial charge in [0.05, 0.1) is 4.88 Å². The quantitative estimate of drug-likeness (QED) is 0.705. The average molecular weight is 367 g/mol. The number of carbonyl (C=O) groups excluding carboxylic acids is 1. The maximum absolute atomic E-state index is 12.8. The van der Waals surface area contributed by atoms with E-state index in [2.05, 4.69) is 34.3 Å². The normalized spacial score (nSPS) is 15.8. The zero-order valence-corrected chi connectivity index (χ0v) is 15.3. The molecule has 5 nitrogen and oxygen atoms in total. The smallest absolute Gasteiger partial charge is 0.276 e. The fourth-order valence-corrected chi connectivity index (χ4v) is 3.92. The first-order valence-electron chi connectivity index (χ1n) is 8.86. The molecule has 0 N–H and O–H groups in total. The first-order valence-corrected chi connectivity index (χ1v) is 9.74. The second-order valence-electron chi connectivity index (χ2n) is 6.46. The summed E-state index contributed by atoms with van der Waals surface area (Å²) in [5.74, 6) is 0.613. The minimum absolute atomic E-state index is 0.0434. The van der Waals surface area contributed by atoms with Crippen LogP contribution >= 0.6 is 11.3 Å². The Morgan fingerprint density at radius 1 is 1.08 bits per heavy atom. The van der Waals surface area contributed by atoms with Crippen LogP contribution < -0.4 is 0 Å². The summed E-state index contributed by atoms with van der Waals surface area (Å²) in [6.45, 7) is 4.27. The summed E-state index contributed by atoms with van der Waals surface area (Å²) < 4.78 is 5.35. The van der Waals surface area contributed by atoms with Crippen LogP contribution in [-0.4, -0.2) is 47.0 Å². The van der Waals surface area contributed by atoms with E-state index >= 15 is 0 Å². The van der Waals surface area contributed by atoms with Crippen LogP contribution in [0.25, 0.3) is 10.6 Å². The number of aromatic nitrogens is 1. The van der Waals surface area contributed by atoms with Crippen molar-refractivity contribution in [3.8, 4) is 10.6 Å². The highest BCUT2D eigenvalue weighted by Gasteiger charge is 2.23. The summed E-state index contributed by atoms with van der Waals surface area (Å²) in [7, 11) is 0. The summed E-state index contributed by atoms with van der Waals surface area (Å²) in [6.07, 6.45) is 0.966. The molecule has 1 aliphatic heterocycles. The highest BCUT2D eigenvalue weighted by atomic mass is 32.1. The zero-order valence-electron chi connectivity index (χ0n) is 14.5. The van der Waals surface area contributed by atoms with Crippen LogP contribution in [0.2, 0.25) is 0 Å². The van der Waals surface area contributed by atoms with E-state index in [1.165, 1.54) is 5.56 Å². The van der Waals surface area contributed by atoms with Crippen LogP contribution in [0.3, 0.4) is 0 Å². The van der Waals surface area contributed by atoms with Crippen LogP contribution in [0.1, 0.15) is 22.5 Å². The second-order valence-corrected chi connectivity index (χ2v) is 7.41. The molecule has 0 unspecified atom stereocenters. The lowest BCUT2D eigenvalue weighted by molar-refractivity contribution is 0.0751. The van der Waals surface area contributed by atoms with Gasteiger partial charge in [0.15, 0.2) is 11.5 Å². The summed E-state index contributed by atoms with van der Waals surface area (Å²) in [6, 6.07) is 16.1. The Balaban J connectivity index is 1.38. The van der Waals surface area contributed by atoms with Gasteiger partial charge in [0.1, 0.15) is 0 Å². The van der Waals surface area contributed by atoms with Crippen LogP contribution in [0, 0.1) is 0 Å². The third kappa shape index (κ3) is 3.86. The number of carbonyl (C=O) groups is 1. The van der Waals surface area contributed by atoms with Gasteiger partial charge in [-0.15, -0.1) is 11.3 Å². The molecule has 0 spiro atoms. The fraction of sp³-hybridized carbons (Fsp3) is 0.300. The lowest BCUT2D eigenvalue weighted by Crippen LogP contribution is -2.35. The average Bonchev–Trinajstić information content (AvgIpc) is 3.31. The van der Waals surface area contributed by atoms with E-state index in [-0.39, 0.29) is 5.91 Å². The number of amides is 1. The van der Waals surface area contributed by atoms with Crippen molar-refractivity contribution in [1.82, 2.24) is 15.0 Å². The molecule has 2 aromatic heterocycles. The number of thiophene rings is 1. The van der Waals surface area contributed by atoms with Gasteiger partial charge in [-0.1, -0.05) is 41.6 Å². The molecule has 0 radical (unpaired) electrons. The Kier molecular flexibility index (Phi) is 5.13. The Morgan fingerprint density at radius 2 is 1.96 bits per heavy atom. The molecule has 1 saturated heterocycles. The molecule has 0 saturated carbocycles. The van der Waals surface area contributed by atoms with Crippen LogP contribution in [-0.2, 0) is 6.54 Å². The molecule has 3 aromatic rings. The largest absolute Gasteiger partial charge is 0.355 e. The number of nitrogens with zero attached hydrogens (tertiary/aromatic N) is 3. The van der Waals surface area contributed by atoms with Crippen molar-refractivity contribution >= 4 is 17.2 Å². The summed E-state index contributed by atoms with van der Waals surface area (Å²) in [5, 5.41) is 5.97. The number of hydrogen-bond acceptors (Lipinski definition) is 5. The zero-order chi connectivity index (χ0) is 17.8. The van der Waals surface area contributed by atoms with Crippen molar-refractivity contribution in [2.24, 2.45) is 0 Å². The Hall–Kier alpha value is -2.44. The molecule has 26 heavy (non-hydrogen) atoms. The number of rotatable bonds is 4. The summed E-state index contributed by atoms with van der Waals surface area (Å²) in [5.41, 5.74) is 1.70. The minimum Gasteiger partial charge on any atom is -0.355 e. The summed E-state index contributed by atoms with van der Waals surface area (Å²) >= 11 is 1.58. The number of hydrogen-bond donors (Lipinski definition) is 0. The molecule has 0 bridgehead atoms. The van der Waals surface area contributed by atoms with Gasteiger partial charge in [0, 0.05) is 38.8 Å².